The molecule has 0 spiro atoms. The van der Waals surface area contributed by atoms with Crippen molar-refractivity contribution in [2.45, 2.75) is 373 Å². The number of nitrogens with one attached hydrogen (secondary N) is 1. The zero-order valence-corrected chi connectivity index (χ0v) is 48.7. The fourth-order valence-corrected chi connectivity index (χ4v) is 10.3. The molecule has 6 nitrogen and oxygen atoms in total. The third-order valence-corrected chi connectivity index (χ3v) is 15.3. The number of carbonyl (C=O) groups is 2. The zero-order valence-electron chi connectivity index (χ0n) is 48.7. The summed E-state index contributed by atoms with van der Waals surface area (Å²) in [6.45, 7) is 4.95. The second kappa shape index (κ2) is 61.9. The fraction of sp³-hybridized carbons (Fsp3) is 0.909. The molecule has 0 fully saturated rings. The second-order valence-corrected chi connectivity index (χ2v) is 22.5. The maximum absolute atomic E-state index is 12.4. The summed E-state index contributed by atoms with van der Waals surface area (Å²) >= 11 is 0. The van der Waals surface area contributed by atoms with Gasteiger partial charge in [0.2, 0.25) is 5.91 Å². The number of carbonyl (C=O) groups excluding carboxylic acids is 2. The van der Waals surface area contributed by atoms with E-state index in [9.17, 15) is 19.8 Å². The van der Waals surface area contributed by atoms with E-state index >= 15 is 0 Å². The van der Waals surface area contributed by atoms with Gasteiger partial charge in [0.1, 0.15) is 0 Å². The van der Waals surface area contributed by atoms with Gasteiger partial charge in [0.25, 0.3) is 0 Å². The molecule has 0 aliphatic rings. The smallest absolute Gasteiger partial charge is 0.305 e. The standard InChI is InChI=1S/C66H127NO5/c1-3-5-7-9-11-13-14-15-16-17-27-31-34-37-40-44-48-52-56-60-66(71)72-61-57-53-49-45-41-38-35-32-29-26-24-22-20-18-19-21-23-25-28-30-33-36-39-43-47-51-55-59-65(70)67-63(62-68)64(69)58-54-50-46-42-12-10-8-6-4-2/h18-19,22,24,63-64,68-69H,3-17,20-21,23,25-62H2,1-2H3,(H,67,70)/b19-18-,24-22-. The van der Waals surface area contributed by atoms with Crippen molar-refractivity contribution < 1.29 is 24.5 Å². The third kappa shape index (κ3) is 57.6. The third-order valence-electron chi connectivity index (χ3n) is 15.3. The first-order chi connectivity index (χ1) is 35.5. The van der Waals surface area contributed by atoms with Crippen molar-refractivity contribution in [1.82, 2.24) is 5.32 Å². The van der Waals surface area contributed by atoms with Crippen molar-refractivity contribution >= 4 is 11.9 Å². The molecule has 2 atom stereocenters. The van der Waals surface area contributed by atoms with E-state index < -0.39 is 12.1 Å². The minimum Gasteiger partial charge on any atom is -0.466 e. The number of aliphatic hydroxyl groups excluding tert-OH is 2. The lowest BCUT2D eigenvalue weighted by atomic mass is 10.0. The van der Waals surface area contributed by atoms with Crippen LogP contribution in [0.1, 0.15) is 361 Å². The quantitative estimate of drug-likeness (QED) is 0.0320. The molecule has 3 N–H and O–H groups in total. The van der Waals surface area contributed by atoms with Gasteiger partial charge in [0.05, 0.1) is 25.4 Å². The van der Waals surface area contributed by atoms with Crippen LogP contribution in [-0.2, 0) is 14.3 Å². The molecule has 6 heteroatoms. The summed E-state index contributed by atoms with van der Waals surface area (Å²) in [6.07, 6.45) is 76.5. The van der Waals surface area contributed by atoms with Gasteiger partial charge in [0, 0.05) is 12.8 Å². The van der Waals surface area contributed by atoms with E-state index in [0.717, 1.165) is 44.9 Å². The summed E-state index contributed by atoms with van der Waals surface area (Å²) in [7, 11) is 0. The van der Waals surface area contributed by atoms with Gasteiger partial charge >= 0.3 is 5.97 Å². The van der Waals surface area contributed by atoms with Crippen LogP contribution in [0.5, 0.6) is 0 Å². The maximum atomic E-state index is 12.4. The van der Waals surface area contributed by atoms with E-state index in [1.165, 1.54) is 283 Å². The van der Waals surface area contributed by atoms with Crippen LogP contribution in [0, 0.1) is 0 Å². The number of amides is 1. The molecule has 1 amide bonds. The molecular formula is C66H127NO5. The van der Waals surface area contributed by atoms with Gasteiger partial charge < -0.3 is 20.3 Å². The minimum absolute atomic E-state index is 0.0158. The van der Waals surface area contributed by atoms with Crippen LogP contribution >= 0.6 is 0 Å². The van der Waals surface area contributed by atoms with Crippen LogP contribution in [-0.4, -0.2) is 47.4 Å². The van der Waals surface area contributed by atoms with Crippen LogP contribution in [0.3, 0.4) is 0 Å². The molecule has 0 heterocycles. The number of allylic oxidation sites excluding steroid dienone is 4. The van der Waals surface area contributed by atoms with E-state index in [1.807, 2.05) is 0 Å². The van der Waals surface area contributed by atoms with Crippen molar-refractivity contribution in [3.8, 4) is 0 Å². The molecule has 0 saturated heterocycles. The van der Waals surface area contributed by atoms with E-state index in [-0.39, 0.29) is 18.5 Å². The zero-order chi connectivity index (χ0) is 52.2. The topological polar surface area (TPSA) is 95.9 Å². The van der Waals surface area contributed by atoms with E-state index in [0.29, 0.717) is 25.9 Å². The highest BCUT2D eigenvalue weighted by Crippen LogP contribution is 2.18. The van der Waals surface area contributed by atoms with Crippen LogP contribution < -0.4 is 5.32 Å². The average Bonchev–Trinajstić information content (AvgIpc) is 3.38. The van der Waals surface area contributed by atoms with Gasteiger partial charge in [-0.05, 0) is 57.8 Å². The van der Waals surface area contributed by atoms with Crippen LogP contribution in [0.15, 0.2) is 24.3 Å². The van der Waals surface area contributed by atoms with E-state index in [4.69, 9.17) is 4.74 Å². The van der Waals surface area contributed by atoms with Gasteiger partial charge in [0.15, 0.2) is 0 Å². The number of hydrogen-bond acceptors (Lipinski definition) is 5. The van der Waals surface area contributed by atoms with Crippen LogP contribution in [0.4, 0.5) is 0 Å². The average molecular weight is 1010 g/mol. The van der Waals surface area contributed by atoms with Crippen molar-refractivity contribution in [2.75, 3.05) is 13.2 Å². The Hall–Kier alpha value is -1.66. The molecule has 0 saturated carbocycles. The molecule has 426 valence electrons. The first-order valence-electron chi connectivity index (χ1n) is 32.6. The minimum atomic E-state index is -0.664. The Morgan fingerprint density at radius 2 is 0.694 bits per heavy atom. The fourth-order valence-electron chi connectivity index (χ4n) is 10.3. The van der Waals surface area contributed by atoms with Crippen molar-refractivity contribution in [3.63, 3.8) is 0 Å². The number of hydrogen-bond donors (Lipinski definition) is 3. The lowest BCUT2D eigenvalue weighted by Crippen LogP contribution is -2.45. The Kier molecular flexibility index (Phi) is 60.5. The summed E-state index contributed by atoms with van der Waals surface area (Å²) < 4.78 is 5.50. The Morgan fingerprint density at radius 1 is 0.389 bits per heavy atom. The molecule has 0 aliphatic carbocycles. The number of ether oxygens (including phenoxy) is 1. The van der Waals surface area contributed by atoms with Crippen LogP contribution in [0.25, 0.3) is 0 Å². The Bertz CT molecular complexity index is 1120. The molecule has 0 aliphatic heterocycles. The highest BCUT2D eigenvalue weighted by atomic mass is 16.5. The monoisotopic (exact) mass is 1010 g/mol. The SMILES string of the molecule is CCCCCCCCCCCCCCCCCCCCCC(=O)OCCCCCCCCCCC/C=C\C/C=C\CCCCCCCCCCCCCC(=O)NC(CO)C(O)CCCCCCCCCCC. The largest absolute Gasteiger partial charge is 0.466 e. The number of rotatable bonds is 61. The molecule has 0 radical (unpaired) electrons. The molecule has 0 aromatic carbocycles. The van der Waals surface area contributed by atoms with Gasteiger partial charge in [-0.3, -0.25) is 9.59 Å². The maximum Gasteiger partial charge on any atom is 0.305 e. The summed E-state index contributed by atoms with van der Waals surface area (Å²) in [5.41, 5.74) is 0. The molecule has 72 heavy (non-hydrogen) atoms. The Balaban J connectivity index is 3.36. The number of aliphatic hydroxyl groups is 2. The Labute approximate surface area is 450 Å². The normalized spacial score (nSPS) is 12.7. The van der Waals surface area contributed by atoms with Gasteiger partial charge in [-0.25, -0.2) is 0 Å². The molecule has 0 aromatic heterocycles. The predicted molar refractivity (Wildman–Crippen MR) is 315 cm³/mol. The summed E-state index contributed by atoms with van der Waals surface area (Å²) in [6, 6.07) is -0.541. The highest BCUT2D eigenvalue weighted by Gasteiger charge is 2.20. The lowest BCUT2D eigenvalue weighted by molar-refractivity contribution is -0.143. The second-order valence-electron chi connectivity index (χ2n) is 22.5. The lowest BCUT2D eigenvalue weighted by Gasteiger charge is -2.22. The first-order valence-corrected chi connectivity index (χ1v) is 32.6. The number of esters is 1. The number of unbranched alkanes of at least 4 members (excludes halogenated alkanes) is 46. The van der Waals surface area contributed by atoms with Gasteiger partial charge in [-0.15, -0.1) is 0 Å². The van der Waals surface area contributed by atoms with Crippen molar-refractivity contribution in [1.29, 1.82) is 0 Å². The summed E-state index contributed by atoms with van der Waals surface area (Å²) in [5, 5.41) is 23.1. The van der Waals surface area contributed by atoms with Gasteiger partial charge in [-0.1, -0.05) is 314 Å². The van der Waals surface area contributed by atoms with Crippen molar-refractivity contribution in [2.24, 2.45) is 0 Å². The van der Waals surface area contributed by atoms with Crippen molar-refractivity contribution in [3.05, 3.63) is 24.3 Å². The summed E-state index contributed by atoms with van der Waals surface area (Å²) in [4.78, 5) is 24.5. The first kappa shape index (κ1) is 70.3. The Morgan fingerprint density at radius 3 is 1.06 bits per heavy atom. The molecule has 0 rings (SSSR count). The van der Waals surface area contributed by atoms with Crippen LogP contribution in [0.2, 0.25) is 0 Å². The summed E-state index contributed by atoms with van der Waals surface area (Å²) in [5.74, 6) is -0.0238. The molecule has 0 aromatic rings. The molecule has 0 bridgehead atoms. The predicted octanol–water partition coefficient (Wildman–Crippen LogP) is 20.6. The van der Waals surface area contributed by atoms with E-state index in [2.05, 4.69) is 43.5 Å². The molecular weight excluding hydrogens is 887 g/mol. The highest BCUT2D eigenvalue weighted by molar-refractivity contribution is 5.76. The van der Waals surface area contributed by atoms with E-state index in [1.54, 1.807) is 0 Å². The van der Waals surface area contributed by atoms with Gasteiger partial charge in [-0.2, -0.15) is 0 Å². The molecule has 2 unspecified atom stereocenters.